The van der Waals surface area contributed by atoms with Crippen LogP contribution in [-0.2, 0) is 0 Å². The number of nitrogens with two attached hydrogens (primary N) is 2. The van der Waals surface area contributed by atoms with Gasteiger partial charge in [0, 0.05) is 11.1 Å². The minimum Gasteiger partial charge on any atom is -0.453 e. The Kier molecular flexibility index (Phi) is 3.55. The SMILES string of the molecule is Nc1cnc(-c2ccc3c(c2)Nc2ccc(-c4cnc(N)cn4)cc2O3)cn1. The molecule has 2 aromatic carbocycles. The van der Waals surface area contributed by atoms with E-state index < -0.39 is 0 Å². The summed E-state index contributed by atoms with van der Waals surface area (Å²) in [5.41, 5.74) is 16.2. The fourth-order valence-corrected chi connectivity index (χ4v) is 2.98. The van der Waals surface area contributed by atoms with Gasteiger partial charge in [-0.1, -0.05) is 6.07 Å². The van der Waals surface area contributed by atoms with Crippen LogP contribution in [0.25, 0.3) is 22.5 Å². The van der Waals surface area contributed by atoms with E-state index in [9.17, 15) is 0 Å². The predicted octanol–water partition coefficient (Wildman–Crippen LogP) is 3.61. The molecule has 0 amide bonds. The molecule has 0 aliphatic carbocycles. The van der Waals surface area contributed by atoms with E-state index in [0.29, 0.717) is 17.4 Å². The average molecular weight is 369 g/mol. The van der Waals surface area contributed by atoms with Crippen molar-refractivity contribution in [1.29, 1.82) is 0 Å². The molecule has 0 bridgehead atoms. The summed E-state index contributed by atoms with van der Waals surface area (Å²) < 4.78 is 6.08. The molecule has 0 radical (unpaired) electrons. The maximum atomic E-state index is 6.08. The minimum atomic E-state index is 0.384. The highest BCUT2D eigenvalue weighted by atomic mass is 16.5. The lowest BCUT2D eigenvalue weighted by Gasteiger charge is -2.23. The first-order valence-electron chi connectivity index (χ1n) is 8.54. The lowest BCUT2D eigenvalue weighted by molar-refractivity contribution is 0.481. The Hall–Kier alpha value is -4.20. The fraction of sp³-hybridized carbons (Fsp3) is 0. The maximum Gasteiger partial charge on any atom is 0.151 e. The second-order valence-corrected chi connectivity index (χ2v) is 6.30. The van der Waals surface area contributed by atoms with Crippen LogP contribution in [0, 0.1) is 0 Å². The van der Waals surface area contributed by atoms with E-state index in [4.69, 9.17) is 16.2 Å². The summed E-state index contributed by atoms with van der Waals surface area (Å²) in [7, 11) is 0. The molecule has 4 aromatic rings. The van der Waals surface area contributed by atoms with Gasteiger partial charge in [0.15, 0.2) is 11.5 Å². The van der Waals surface area contributed by atoms with Crippen LogP contribution in [0.4, 0.5) is 23.0 Å². The van der Waals surface area contributed by atoms with E-state index >= 15 is 0 Å². The first-order valence-corrected chi connectivity index (χ1v) is 8.54. The van der Waals surface area contributed by atoms with Crippen molar-refractivity contribution in [2.45, 2.75) is 0 Å². The number of anilines is 4. The Balaban J connectivity index is 1.47. The van der Waals surface area contributed by atoms with Crippen LogP contribution in [0.15, 0.2) is 61.2 Å². The van der Waals surface area contributed by atoms with E-state index in [1.807, 2.05) is 36.4 Å². The summed E-state index contributed by atoms with van der Waals surface area (Å²) >= 11 is 0. The van der Waals surface area contributed by atoms with Crippen LogP contribution < -0.4 is 21.5 Å². The molecule has 5 rings (SSSR count). The Morgan fingerprint density at radius 3 is 1.93 bits per heavy atom. The number of ether oxygens (including phenoxy) is 1. The third-order valence-corrected chi connectivity index (χ3v) is 4.39. The molecule has 8 heteroatoms. The largest absolute Gasteiger partial charge is 0.453 e. The van der Waals surface area contributed by atoms with Crippen LogP contribution in [0.2, 0.25) is 0 Å². The van der Waals surface area contributed by atoms with E-state index in [0.717, 1.165) is 39.6 Å². The Morgan fingerprint density at radius 1 is 0.643 bits per heavy atom. The predicted molar refractivity (Wildman–Crippen MR) is 107 cm³/mol. The first kappa shape index (κ1) is 16.0. The highest BCUT2D eigenvalue weighted by Gasteiger charge is 2.18. The molecule has 8 nitrogen and oxygen atoms in total. The zero-order chi connectivity index (χ0) is 19.1. The van der Waals surface area contributed by atoms with Crippen LogP contribution in [0.1, 0.15) is 0 Å². The molecule has 0 fully saturated rings. The van der Waals surface area contributed by atoms with E-state index in [2.05, 4.69) is 25.3 Å². The molecule has 1 aliphatic heterocycles. The molecular weight excluding hydrogens is 354 g/mol. The molecule has 136 valence electrons. The monoisotopic (exact) mass is 369 g/mol. The summed E-state index contributed by atoms with van der Waals surface area (Å²) in [4.78, 5) is 16.8. The van der Waals surface area contributed by atoms with Crippen molar-refractivity contribution in [3.63, 3.8) is 0 Å². The van der Waals surface area contributed by atoms with E-state index in [1.165, 1.54) is 12.4 Å². The number of aromatic nitrogens is 4. The summed E-state index contributed by atoms with van der Waals surface area (Å²) in [5.74, 6) is 2.21. The lowest BCUT2D eigenvalue weighted by Crippen LogP contribution is -2.03. The van der Waals surface area contributed by atoms with E-state index in [-0.39, 0.29) is 0 Å². The summed E-state index contributed by atoms with van der Waals surface area (Å²) in [6, 6.07) is 11.6. The highest BCUT2D eigenvalue weighted by Crippen LogP contribution is 2.44. The summed E-state index contributed by atoms with van der Waals surface area (Å²) in [6.07, 6.45) is 6.36. The summed E-state index contributed by atoms with van der Waals surface area (Å²) in [6.45, 7) is 0. The van der Waals surface area contributed by atoms with Gasteiger partial charge in [-0.2, -0.15) is 0 Å². The molecule has 28 heavy (non-hydrogen) atoms. The second kappa shape index (κ2) is 6.20. The molecule has 1 aliphatic rings. The van der Waals surface area contributed by atoms with Gasteiger partial charge in [0.05, 0.1) is 47.6 Å². The van der Waals surface area contributed by atoms with Crippen molar-refractivity contribution < 1.29 is 4.74 Å². The van der Waals surface area contributed by atoms with E-state index in [1.54, 1.807) is 12.4 Å². The van der Waals surface area contributed by atoms with Gasteiger partial charge >= 0.3 is 0 Å². The molecule has 0 atom stereocenters. The maximum absolute atomic E-state index is 6.08. The van der Waals surface area contributed by atoms with Gasteiger partial charge < -0.3 is 21.5 Å². The van der Waals surface area contributed by atoms with Crippen molar-refractivity contribution in [1.82, 2.24) is 19.9 Å². The molecule has 0 spiro atoms. The van der Waals surface area contributed by atoms with Crippen LogP contribution >= 0.6 is 0 Å². The average Bonchev–Trinajstić information content (AvgIpc) is 2.72. The Labute approximate surface area is 160 Å². The van der Waals surface area contributed by atoms with Crippen molar-refractivity contribution in [2.24, 2.45) is 0 Å². The van der Waals surface area contributed by atoms with Gasteiger partial charge in [-0.3, -0.25) is 9.97 Å². The van der Waals surface area contributed by atoms with Gasteiger partial charge in [-0.05, 0) is 30.3 Å². The van der Waals surface area contributed by atoms with Crippen LogP contribution in [0.3, 0.4) is 0 Å². The van der Waals surface area contributed by atoms with Gasteiger partial charge in [-0.15, -0.1) is 0 Å². The minimum absolute atomic E-state index is 0.384. The quantitative estimate of drug-likeness (QED) is 0.431. The third-order valence-electron chi connectivity index (χ3n) is 4.39. The van der Waals surface area contributed by atoms with Crippen LogP contribution in [0.5, 0.6) is 11.5 Å². The molecule has 0 saturated carbocycles. The zero-order valence-electron chi connectivity index (χ0n) is 14.6. The van der Waals surface area contributed by atoms with Crippen molar-refractivity contribution in [2.75, 3.05) is 16.8 Å². The molecule has 0 saturated heterocycles. The van der Waals surface area contributed by atoms with Crippen molar-refractivity contribution in [3.8, 4) is 34.0 Å². The van der Waals surface area contributed by atoms with Gasteiger partial charge in [-0.25, -0.2) is 9.97 Å². The second-order valence-electron chi connectivity index (χ2n) is 6.30. The molecule has 2 aromatic heterocycles. The molecule has 3 heterocycles. The summed E-state index contributed by atoms with van der Waals surface area (Å²) in [5, 5.41) is 3.40. The van der Waals surface area contributed by atoms with Crippen molar-refractivity contribution >= 4 is 23.0 Å². The number of rotatable bonds is 2. The zero-order valence-corrected chi connectivity index (χ0v) is 14.6. The van der Waals surface area contributed by atoms with Crippen molar-refractivity contribution in [3.05, 3.63) is 61.2 Å². The highest BCUT2D eigenvalue weighted by molar-refractivity contribution is 5.81. The molecule has 0 unspecified atom stereocenters. The number of benzene rings is 2. The standard InChI is InChI=1S/C20H15N7O/c21-19-9-23-15(7-25-19)11-2-4-17-14(5-11)27-13-3-1-12(6-18(13)28-17)16-8-26-20(22)10-24-16/h1-10,27H,(H2,21,25)(H2,22,26). The topological polar surface area (TPSA) is 125 Å². The number of hydrogen-bond donors (Lipinski definition) is 3. The number of nitrogens with zero attached hydrogens (tertiary/aromatic N) is 4. The Morgan fingerprint density at radius 2 is 1.29 bits per heavy atom. The van der Waals surface area contributed by atoms with Gasteiger partial charge in [0.2, 0.25) is 0 Å². The van der Waals surface area contributed by atoms with Gasteiger partial charge in [0.25, 0.3) is 0 Å². The smallest absolute Gasteiger partial charge is 0.151 e. The molecule has 5 N–H and O–H groups in total. The van der Waals surface area contributed by atoms with Crippen LogP contribution in [-0.4, -0.2) is 19.9 Å². The number of nitrogen functional groups attached to an aromatic ring is 2. The third kappa shape index (κ3) is 2.82. The number of hydrogen-bond acceptors (Lipinski definition) is 8. The number of nitrogens with one attached hydrogen (secondary N) is 1. The first-order chi connectivity index (χ1) is 13.7. The fourth-order valence-electron chi connectivity index (χ4n) is 2.98. The normalized spacial score (nSPS) is 11.7. The molecular formula is C20H15N7O. The number of fused-ring (bicyclic) bond motifs is 2. The Bertz CT molecular complexity index is 1080. The van der Waals surface area contributed by atoms with Gasteiger partial charge in [0.1, 0.15) is 11.6 Å². The lowest BCUT2D eigenvalue weighted by atomic mass is 10.1.